The van der Waals surface area contributed by atoms with Crippen LogP contribution in [0, 0.1) is 0 Å². The minimum absolute atomic E-state index is 0.247. The number of methoxy groups -OCH3 is 1. The zero-order valence-corrected chi connectivity index (χ0v) is 19.6. The lowest BCUT2D eigenvalue weighted by Crippen LogP contribution is -2.55. The van der Waals surface area contributed by atoms with Crippen LogP contribution >= 0.6 is 11.8 Å². The molecule has 0 aromatic rings. The van der Waals surface area contributed by atoms with Crippen LogP contribution in [0.15, 0.2) is 12.8 Å². The molecule has 1 aliphatic heterocycles. The Morgan fingerprint density at radius 3 is 2.50 bits per heavy atom. The monoisotopic (exact) mass is 471 g/mol. The quantitative estimate of drug-likeness (QED) is 0.244. The molecule has 11 nitrogen and oxygen atoms in total. The van der Waals surface area contributed by atoms with Gasteiger partial charge in [-0.3, -0.25) is 24.0 Å². The number of nitrogens with zero attached hydrogens (tertiary/aromatic N) is 1. The van der Waals surface area contributed by atoms with Crippen LogP contribution in [0.1, 0.15) is 26.2 Å². The second-order valence-electron chi connectivity index (χ2n) is 7.22. The summed E-state index contributed by atoms with van der Waals surface area (Å²) < 4.78 is 4.40. The molecule has 0 aromatic carbocycles. The van der Waals surface area contributed by atoms with Gasteiger partial charge in [0.1, 0.15) is 24.7 Å². The Bertz CT molecular complexity index is 704. The number of ether oxygens (including phenoxy) is 1. The van der Waals surface area contributed by atoms with Crippen LogP contribution in [0.2, 0.25) is 0 Å². The second-order valence-corrected chi connectivity index (χ2v) is 8.21. The highest BCUT2D eigenvalue weighted by Gasteiger charge is 2.32. The Kier molecular flexibility index (Phi) is 12.2. The maximum Gasteiger partial charge on any atom is 0.325 e. The van der Waals surface area contributed by atoms with Crippen molar-refractivity contribution in [3.63, 3.8) is 0 Å². The number of hydrogen-bond donors (Lipinski definition) is 4. The predicted molar refractivity (Wildman–Crippen MR) is 120 cm³/mol. The van der Waals surface area contributed by atoms with Crippen LogP contribution in [0.5, 0.6) is 0 Å². The first-order valence-corrected chi connectivity index (χ1v) is 11.7. The summed E-state index contributed by atoms with van der Waals surface area (Å²) in [5.74, 6) is -1.84. The van der Waals surface area contributed by atoms with Crippen LogP contribution in [0.25, 0.3) is 0 Å². The lowest BCUT2D eigenvalue weighted by Gasteiger charge is -2.25. The van der Waals surface area contributed by atoms with Gasteiger partial charge in [-0.1, -0.05) is 6.58 Å². The average molecular weight is 472 g/mol. The lowest BCUT2D eigenvalue weighted by molar-refractivity contribution is -0.141. The first-order valence-electron chi connectivity index (χ1n) is 10.3. The molecule has 1 aliphatic rings. The highest BCUT2D eigenvalue weighted by molar-refractivity contribution is 7.98. The zero-order valence-electron chi connectivity index (χ0n) is 18.8. The van der Waals surface area contributed by atoms with Gasteiger partial charge in [0.25, 0.3) is 0 Å². The van der Waals surface area contributed by atoms with E-state index < -0.39 is 35.8 Å². The SMILES string of the molecule is C=CN1CCC[C@H]1C(=O)N[C@@H](CCSC)C(=O)N[C@@H](C)C(=O)NCC(=O)NCC(=O)OC. The molecule has 0 bridgehead atoms. The highest BCUT2D eigenvalue weighted by Crippen LogP contribution is 2.17. The third-order valence-corrected chi connectivity index (χ3v) is 5.55. The Hall–Kier alpha value is -2.76. The third kappa shape index (κ3) is 9.16. The maximum absolute atomic E-state index is 12.7. The van der Waals surface area contributed by atoms with E-state index in [2.05, 4.69) is 32.6 Å². The number of amides is 4. The van der Waals surface area contributed by atoms with Crippen molar-refractivity contribution in [2.45, 2.75) is 44.3 Å². The van der Waals surface area contributed by atoms with Crippen LogP contribution in [0.3, 0.4) is 0 Å². The van der Waals surface area contributed by atoms with Crippen LogP contribution in [-0.4, -0.2) is 91.4 Å². The molecule has 0 unspecified atom stereocenters. The van der Waals surface area contributed by atoms with Gasteiger partial charge in [0.2, 0.25) is 23.6 Å². The smallest absolute Gasteiger partial charge is 0.325 e. The summed E-state index contributed by atoms with van der Waals surface area (Å²) in [7, 11) is 1.19. The first kappa shape index (κ1) is 27.3. The molecular weight excluding hydrogens is 438 g/mol. The largest absolute Gasteiger partial charge is 0.468 e. The lowest BCUT2D eigenvalue weighted by atomic mass is 10.1. The molecular formula is C20H33N5O6S. The van der Waals surface area contributed by atoms with Gasteiger partial charge in [0.15, 0.2) is 0 Å². The summed E-state index contributed by atoms with van der Waals surface area (Å²) in [6, 6.07) is -2.08. The molecule has 180 valence electrons. The van der Waals surface area contributed by atoms with Crippen LogP contribution in [-0.2, 0) is 28.7 Å². The van der Waals surface area contributed by atoms with Gasteiger partial charge in [-0.05, 0) is 44.4 Å². The second kappa shape index (κ2) is 14.3. The summed E-state index contributed by atoms with van der Waals surface area (Å²) in [4.78, 5) is 62.1. The van der Waals surface area contributed by atoms with E-state index in [-0.39, 0.29) is 25.0 Å². The Balaban J connectivity index is 2.57. The molecule has 12 heteroatoms. The van der Waals surface area contributed by atoms with Crippen molar-refractivity contribution in [3.8, 4) is 0 Å². The van der Waals surface area contributed by atoms with Crippen LogP contribution < -0.4 is 21.3 Å². The van der Waals surface area contributed by atoms with E-state index in [9.17, 15) is 24.0 Å². The summed E-state index contributed by atoms with van der Waals surface area (Å²) in [5, 5.41) is 10.0. The number of hydrogen-bond acceptors (Lipinski definition) is 8. The minimum atomic E-state index is -0.930. The Labute approximate surface area is 192 Å². The van der Waals surface area contributed by atoms with Crippen molar-refractivity contribution >= 4 is 41.4 Å². The molecule has 0 aromatic heterocycles. The molecule has 1 saturated heterocycles. The van der Waals surface area contributed by atoms with Gasteiger partial charge >= 0.3 is 5.97 Å². The molecule has 0 saturated carbocycles. The van der Waals surface area contributed by atoms with Crippen molar-refractivity contribution in [1.82, 2.24) is 26.2 Å². The van der Waals surface area contributed by atoms with Gasteiger partial charge < -0.3 is 30.9 Å². The molecule has 0 aliphatic carbocycles. The summed E-state index contributed by atoms with van der Waals surface area (Å²) in [6.45, 7) is 5.27. The number of thioether (sulfide) groups is 1. The summed E-state index contributed by atoms with van der Waals surface area (Å²) in [5.41, 5.74) is 0. The topological polar surface area (TPSA) is 146 Å². The fourth-order valence-corrected chi connectivity index (χ4v) is 3.54. The van der Waals surface area contributed by atoms with E-state index >= 15 is 0 Å². The van der Waals surface area contributed by atoms with E-state index in [0.717, 1.165) is 13.0 Å². The molecule has 4 N–H and O–H groups in total. The highest BCUT2D eigenvalue weighted by atomic mass is 32.2. The van der Waals surface area contributed by atoms with Crippen molar-refractivity contribution in [2.75, 3.05) is 38.8 Å². The molecule has 3 atom stereocenters. The third-order valence-electron chi connectivity index (χ3n) is 4.91. The summed E-state index contributed by atoms with van der Waals surface area (Å²) >= 11 is 1.54. The van der Waals surface area contributed by atoms with Gasteiger partial charge in [-0.25, -0.2) is 0 Å². The molecule has 1 rings (SSSR count). The maximum atomic E-state index is 12.7. The van der Waals surface area contributed by atoms with E-state index in [4.69, 9.17) is 0 Å². The molecule has 0 radical (unpaired) electrons. The fraction of sp³-hybridized carbons (Fsp3) is 0.650. The normalized spacial score (nSPS) is 17.0. The predicted octanol–water partition coefficient (Wildman–Crippen LogP) is -1.26. The van der Waals surface area contributed by atoms with E-state index in [1.165, 1.54) is 14.0 Å². The Morgan fingerprint density at radius 2 is 1.88 bits per heavy atom. The zero-order chi connectivity index (χ0) is 24.1. The van der Waals surface area contributed by atoms with Crippen molar-refractivity contribution in [3.05, 3.63) is 12.8 Å². The van der Waals surface area contributed by atoms with E-state index in [1.807, 2.05) is 11.2 Å². The molecule has 0 spiro atoms. The molecule has 1 fully saturated rings. The van der Waals surface area contributed by atoms with Gasteiger partial charge in [-0.2, -0.15) is 11.8 Å². The van der Waals surface area contributed by atoms with Crippen molar-refractivity contribution in [1.29, 1.82) is 0 Å². The molecule has 1 heterocycles. The van der Waals surface area contributed by atoms with E-state index in [1.54, 1.807) is 18.0 Å². The fourth-order valence-electron chi connectivity index (χ4n) is 3.07. The van der Waals surface area contributed by atoms with Gasteiger partial charge in [0, 0.05) is 6.54 Å². The van der Waals surface area contributed by atoms with Gasteiger partial charge in [0.05, 0.1) is 13.7 Å². The average Bonchev–Trinajstić information content (AvgIpc) is 3.27. The minimum Gasteiger partial charge on any atom is -0.468 e. The number of rotatable bonds is 13. The number of esters is 1. The number of carbonyl (C=O) groups is 5. The van der Waals surface area contributed by atoms with Gasteiger partial charge in [-0.15, -0.1) is 0 Å². The standard InChI is InChI=1S/C20H33N5O6S/c1-5-25-9-6-7-15(25)20(30)24-14(8-10-32-4)19(29)23-13(2)18(28)22-11-16(26)21-12-17(27)31-3/h5,13-15H,1,6-12H2,2-4H3,(H,21,26)(H,22,28)(H,23,29)(H,24,30)/t13-,14-,15-/m0/s1. The first-order chi connectivity index (χ1) is 15.2. The van der Waals surface area contributed by atoms with Crippen molar-refractivity contribution in [2.24, 2.45) is 0 Å². The summed E-state index contributed by atoms with van der Waals surface area (Å²) in [6.07, 6.45) is 5.49. The number of nitrogens with one attached hydrogen (secondary N) is 4. The van der Waals surface area contributed by atoms with Crippen molar-refractivity contribution < 1.29 is 28.7 Å². The van der Waals surface area contributed by atoms with E-state index in [0.29, 0.717) is 18.6 Å². The number of carbonyl (C=O) groups excluding carboxylic acids is 5. The Morgan fingerprint density at radius 1 is 1.16 bits per heavy atom. The molecule has 4 amide bonds. The number of likely N-dealkylation sites (tertiary alicyclic amines) is 1. The van der Waals surface area contributed by atoms with Crippen LogP contribution in [0.4, 0.5) is 0 Å². The molecule has 32 heavy (non-hydrogen) atoms.